The smallest absolute Gasteiger partial charge is 0.306 e. The van der Waals surface area contributed by atoms with Gasteiger partial charge in [0.15, 0.2) is 6.29 Å². The van der Waals surface area contributed by atoms with Crippen LogP contribution in [0.4, 0.5) is 0 Å². The maximum absolute atomic E-state index is 12.9. The molecule has 2 aliphatic rings. The second-order valence-electron chi connectivity index (χ2n) is 17.1. The van der Waals surface area contributed by atoms with Crippen LogP contribution in [-0.4, -0.2) is 66.3 Å². The summed E-state index contributed by atoms with van der Waals surface area (Å²) < 4.78 is 11.8. The largest absolute Gasteiger partial charge is 0.462 e. The maximum Gasteiger partial charge on any atom is 0.306 e. The average Bonchev–Trinajstić information content (AvgIpc) is 4.07. The molecule has 0 amide bonds. The molecule has 0 aliphatic heterocycles. The molecule has 6 heteroatoms. The lowest BCUT2D eigenvalue weighted by Crippen LogP contribution is -2.29. The second kappa shape index (κ2) is 32.5. The normalized spacial score (nSPS) is 20.7. The molecule has 0 heterocycles. The number of nitrogens with zero attached hydrogens (tertiary/aromatic N) is 1. The minimum absolute atomic E-state index is 0.0408. The standard InChI is InChI=1S/C46H89NO5/c1-4-7-10-11-12-19-24-37-51-45(49)27-20-15-13-17-22-33-47(35-36-48)34-23-18-14-16-21-28-46(50)52-44(31-29-42-38-40(42)25-8-5-2)32-30-43-39-41(43)26-9-6-3/h40-45,48-49H,4-39H2,1-3H3/t40-,41?,42+,43?,44?,45?/m0/s1. The van der Waals surface area contributed by atoms with Crippen molar-refractivity contribution >= 4 is 5.97 Å². The molecule has 6 atom stereocenters. The van der Waals surface area contributed by atoms with Crippen LogP contribution >= 0.6 is 0 Å². The van der Waals surface area contributed by atoms with E-state index in [1.165, 1.54) is 135 Å². The summed E-state index contributed by atoms with van der Waals surface area (Å²) in [5.41, 5.74) is 0. The van der Waals surface area contributed by atoms with E-state index in [1.54, 1.807) is 0 Å². The molecule has 0 spiro atoms. The first-order valence-corrected chi connectivity index (χ1v) is 23.3. The van der Waals surface area contributed by atoms with Gasteiger partial charge in [-0.3, -0.25) is 4.79 Å². The van der Waals surface area contributed by atoms with Gasteiger partial charge >= 0.3 is 5.97 Å². The molecule has 0 saturated heterocycles. The molecule has 0 radical (unpaired) electrons. The van der Waals surface area contributed by atoms with Crippen molar-refractivity contribution in [2.24, 2.45) is 23.7 Å². The molecule has 0 aromatic rings. The van der Waals surface area contributed by atoms with Gasteiger partial charge in [0, 0.05) is 19.6 Å². The summed E-state index contributed by atoms with van der Waals surface area (Å²) in [6, 6.07) is 0. The lowest BCUT2D eigenvalue weighted by molar-refractivity contribution is -0.150. The Kier molecular flexibility index (Phi) is 29.7. The minimum atomic E-state index is -0.600. The van der Waals surface area contributed by atoms with E-state index in [1.807, 2.05) is 0 Å². The van der Waals surface area contributed by atoms with E-state index >= 15 is 0 Å². The summed E-state index contributed by atoms with van der Waals surface area (Å²) in [6.45, 7) is 10.6. The summed E-state index contributed by atoms with van der Waals surface area (Å²) in [6.07, 6.45) is 36.6. The van der Waals surface area contributed by atoms with Crippen molar-refractivity contribution in [1.82, 2.24) is 4.90 Å². The topological polar surface area (TPSA) is 79.2 Å². The van der Waals surface area contributed by atoms with E-state index in [4.69, 9.17) is 9.47 Å². The fraction of sp³-hybridized carbons (Fsp3) is 0.978. The van der Waals surface area contributed by atoms with Crippen LogP contribution in [0.3, 0.4) is 0 Å². The van der Waals surface area contributed by atoms with Crippen LogP contribution in [0.1, 0.15) is 220 Å². The van der Waals surface area contributed by atoms with Gasteiger partial charge in [-0.15, -0.1) is 0 Å². The van der Waals surface area contributed by atoms with Crippen molar-refractivity contribution in [3.63, 3.8) is 0 Å². The van der Waals surface area contributed by atoms with E-state index in [2.05, 4.69) is 25.7 Å². The molecule has 2 saturated carbocycles. The van der Waals surface area contributed by atoms with Crippen LogP contribution in [-0.2, 0) is 14.3 Å². The Morgan fingerprint density at radius 1 is 0.577 bits per heavy atom. The summed E-state index contributed by atoms with van der Waals surface area (Å²) in [5.74, 6) is 3.71. The predicted molar refractivity (Wildman–Crippen MR) is 219 cm³/mol. The summed E-state index contributed by atoms with van der Waals surface area (Å²) in [5, 5.41) is 19.7. The molecular formula is C46H89NO5. The summed E-state index contributed by atoms with van der Waals surface area (Å²) in [4.78, 5) is 15.3. The van der Waals surface area contributed by atoms with Gasteiger partial charge in [0.1, 0.15) is 6.10 Å². The molecule has 2 N–H and O–H groups in total. The molecule has 0 aromatic carbocycles. The molecule has 4 unspecified atom stereocenters. The zero-order valence-corrected chi connectivity index (χ0v) is 35.0. The van der Waals surface area contributed by atoms with Gasteiger partial charge < -0.3 is 24.6 Å². The zero-order valence-electron chi connectivity index (χ0n) is 35.0. The number of hydrogen-bond acceptors (Lipinski definition) is 6. The van der Waals surface area contributed by atoms with Gasteiger partial charge in [0.05, 0.1) is 6.61 Å². The molecule has 2 aliphatic carbocycles. The Balaban J connectivity index is 1.47. The van der Waals surface area contributed by atoms with Gasteiger partial charge in [-0.25, -0.2) is 0 Å². The molecule has 0 aromatic heterocycles. The fourth-order valence-corrected chi connectivity index (χ4v) is 8.43. The van der Waals surface area contributed by atoms with Gasteiger partial charge in [-0.05, 0) is 114 Å². The van der Waals surface area contributed by atoms with Crippen LogP contribution < -0.4 is 0 Å². The molecular weight excluding hydrogens is 647 g/mol. The van der Waals surface area contributed by atoms with Crippen molar-refractivity contribution in [3.8, 4) is 0 Å². The molecule has 0 bridgehead atoms. The Morgan fingerprint density at radius 3 is 1.62 bits per heavy atom. The van der Waals surface area contributed by atoms with Crippen LogP contribution in [0.5, 0.6) is 0 Å². The third kappa shape index (κ3) is 26.2. The van der Waals surface area contributed by atoms with E-state index in [-0.39, 0.29) is 18.7 Å². The monoisotopic (exact) mass is 736 g/mol. The zero-order chi connectivity index (χ0) is 37.5. The molecule has 6 nitrogen and oxygen atoms in total. The number of carbonyl (C=O) groups is 1. The third-order valence-electron chi connectivity index (χ3n) is 12.3. The summed E-state index contributed by atoms with van der Waals surface area (Å²) >= 11 is 0. The van der Waals surface area contributed by atoms with Crippen LogP contribution in [0.15, 0.2) is 0 Å². The van der Waals surface area contributed by atoms with Crippen LogP contribution in [0.25, 0.3) is 0 Å². The van der Waals surface area contributed by atoms with Crippen molar-refractivity contribution in [1.29, 1.82) is 0 Å². The first kappa shape index (κ1) is 47.5. The van der Waals surface area contributed by atoms with Crippen molar-refractivity contribution < 1.29 is 24.5 Å². The van der Waals surface area contributed by atoms with Crippen molar-refractivity contribution in [3.05, 3.63) is 0 Å². The van der Waals surface area contributed by atoms with Crippen molar-refractivity contribution in [2.45, 2.75) is 232 Å². The minimum Gasteiger partial charge on any atom is -0.462 e. The number of hydrogen-bond donors (Lipinski definition) is 2. The Bertz CT molecular complexity index is 784. The number of esters is 1. The average molecular weight is 736 g/mol. The van der Waals surface area contributed by atoms with Gasteiger partial charge in [-0.1, -0.05) is 136 Å². The number of aliphatic hydroxyl groups is 2. The number of carbonyl (C=O) groups excluding carboxylic acids is 1. The first-order chi connectivity index (χ1) is 25.5. The highest BCUT2D eigenvalue weighted by molar-refractivity contribution is 5.69. The predicted octanol–water partition coefficient (Wildman–Crippen LogP) is 12.2. The lowest BCUT2D eigenvalue weighted by atomic mass is 10.0. The molecule has 2 fully saturated rings. The van der Waals surface area contributed by atoms with E-state index in [9.17, 15) is 15.0 Å². The van der Waals surface area contributed by atoms with Gasteiger partial charge in [-0.2, -0.15) is 0 Å². The highest BCUT2D eigenvalue weighted by Crippen LogP contribution is 2.47. The highest BCUT2D eigenvalue weighted by Gasteiger charge is 2.38. The Morgan fingerprint density at radius 2 is 1.06 bits per heavy atom. The van der Waals surface area contributed by atoms with Crippen molar-refractivity contribution in [2.75, 3.05) is 32.8 Å². The van der Waals surface area contributed by atoms with E-state index < -0.39 is 6.29 Å². The fourth-order valence-electron chi connectivity index (χ4n) is 8.43. The molecule has 308 valence electrons. The van der Waals surface area contributed by atoms with E-state index in [0.29, 0.717) is 13.0 Å². The van der Waals surface area contributed by atoms with E-state index in [0.717, 1.165) is 101 Å². The quantitative estimate of drug-likeness (QED) is 0.0370. The van der Waals surface area contributed by atoms with Crippen LogP contribution in [0, 0.1) is 23.7 Å². The second-order valence-corrected chi connectivity index (χ2v) is 17.1. The van der Waals surface area contributed by atoms with Gasteiger partial charge in [0.25, 0.3) is 0 Å². The summed E-state index contributed by atoms with van der Waals surface area (Å²) in [7, 11) is 0. The van der Waals surface area contributed by atoms with Gasteiger partial charge in [0.2, 0.25) is 0 Å². The Labute approximate surface area is 323 Å². The SMILES string of the molecule is CCCCCCCCCOC(O)CCCCCCCN(CCO)CCCCCCCC(=O)OC(CCC1CC1CCCC)CC[C@@H]1C[C@@H]1CCCC. The highest BCUT2D eigenvalue weighted by atomic mass is 16.6. The Hall–Kier alpha value is -0.690. The van der Waals surface area contributed by atoms with Crippen LogP contribution in [0.2, 0.25) is 0 Å². The first-order valence-electron chi connectivity index (χ1n) is 23.3. The number of ether oxygens (including phenoxy) is 2. The maximum atomic E-state index is 12.9. The number of aliphatic hydroxyl groups excluding tert-OH is 2. The number of unbranched alkanes of at least 4 members (excludes halogenated alkanes) is 16. The lowest BCUT2D eigenvalue weighted by Gasteiger charge is -2.21. The molecule has 2 rings (SSSR count). The molecule has 52 heavy (non-hydrogen) atoms. The third-order valence-corrected chi connectivity index (χ3v) is 12.3. The number of rotatable bonds is 40.